The van der Waals surface area contributed by atoms with E-state index in [1.54, 1.807) is 0 Å². The van der Waals surface area contributed by atoms with Crippen LogP contribution in [0.25, 0.3) is 0 Å². The number of amides is 2. The molecule has 1 aromatic rings. The van der Waals surface area contributed by atoms with Crippen molar-refractivity contribution in [2.45, 2.75) is 76.3 Å². The Morgan fingerprint density at radius 3 is 2.23 bits per heavy atom. The molecule has 31 heavy (non-hydrogen) atoms. The fraction of sp³-hybridized carbons (Fsp3) is 0.680. The third kappa shape index (κ3) is 5.29. The van der Waals surface area contributed by atoms with E-state index < -0.39 is 0 Å². The van der Waals surface area contributed by atoms with Crippen LogP contribution in [0, 0.1) is 5.92 Å². The highest BCUT2D eigenvalue weighted by molar-refractivity contribution is 6.00. The molecule has 2 heterocycles. The Hall–Kier alpha value is -1.92. The molecule has 0 spiro atoms. The Bertz CT molecular complexity index is 775. The van der Waals surface area contributed by atoms with Crippen LogP contribution in [0.15, 0.2) is 24.3 Å². The van der Waals surface area contributed by atoms with Gasteiger partial charge < -0.3 is 10.6 Å². The smallest absolute Gasteiger partial charge is 0.234 e. The predicted molar refractivity (Wildman–Crippen MR) is 124 cm³/mol. The zero-order valence-electron chi connectivity index (χ0n) is 19.1. The topological polar surface area (TPSA) is 78.7 Å². The lowest BCUT2D eigenvalue weighted by Crippen LogP contribution is -2.55. The highest BCUT2D eigenvalue weighted by Crippen LogP contribution is 2.34. The Labute approximate surface area is 186 Å². The maximum Gasteiger partial charge on any atom is 0.234 e. The van der Waals surface area contributed by atoms with Gasteiger partial charge in [0.25, 0.3) is 0 Å². The van der Waals surface area contributed by atoms with Crippen LogP contribution >= 0.6 is 0 Å². The number of carbonyl (C=O) groups is 2. The summed E-state index contributed by atoms with van der Waals surface area (Å²) in [5.74, 6) is 0.275. The van der Waals surface area contributed by atoms with Crippen LogP contribution < -0.4 is 16.0 Å². The molecular formula is C25H38N4O2. The number of benzene rings is 1. The summed E-state index contributed by atoms with van der Waals surface area (Å²) in [4.78, 5) is 28.6. The number of piperazine rings is 1. The van der Waals surface area contributed by atoms with Crippen molar-refractivity contribution in [2.24, 2.45) is 11.7 Å². The Balaban J connectivity index is 1.30. The van der Waals surface area contributed by atoms with Gasteiger partial charge in [-0.3, -0.25) is 19.8 Å². The van der Waals surface area contributed by atoms with E-state index in [1.165, 1.54) is 37.8 Å². The van der Waals surface area contributed by atoms with Crippen molar-refractivity contribution >= 4 is 17.5 Å². The van der Waals surface area contributed by atoms with Gasteiger partial charge in [-0.05, 0) is 76.0 Å². The molecular weight excluding hydrogens is 388 g/mol. The normalized spacial score (nSPS) is 28.5. The van der Waals surface area contributed by atoms with Crippen LogP contribution in [0.4, 0.5) is 5.69 Å². The molecule has 1 unspecified atom stereocenters. The molecule has 0 aromatic heterocycles. The van der Waals surface area contributed by atoms with Gasteiger partial charge in [-0.2, -0.15) is 0 Å². The molecule has 2 aliphatic heterocycles. The van der Waals surface area contributed by atoms with Crippen LogP contribution in [0.1, 0.15) is 70.3 Å². The van der Waals surface area contributed by atoms with E-state index in [1.807, 2.05) is 0 Å². The van der Waals surface area contributed by atoms with Gasteiger partial charge in [0.1, 0.15) is 0 Å². The number of imide groups is 1. The molecule has 6 nitrogen and oxygen atoms in total. The van der Waals surface area contributed by atoms with E-state index in [2.05, 4.69) is 53.2 Å². The van der Waals surface area contributed by atoms with Crippen LogP contribution in [0.5, 0.6) is 0 Å². The summed E-state index contributed by atoms with van der Waals surface area (Å²) in [6, 6.07) is 8.79. The molecule has 0 radical (unpaired) electrons. The maximum atomic E-state index is 12.1. The van der Waals surface area contributed by atoms with E-state index in [4.69, 9.17) is 5.73 Å². The van der Waals surface area contributed by atoms with Crippen LogP contribution in [-0.4, -0.2) is 54.5 Å². The lowest BCUT2D eigenvalue weighted by molar-refractivity contribution is -0.134. The summed E-state index contributed by atoms with van der Waals surface area (Å²) >= 11 is 0. The Morgan fingerprint density at radius 1 is 0.968 bits per heavy atom. The Kier molecular flexibility index (Phi) is 6.68. The molecule has 2 saturated heterocycles. The van der Waals surface area contributed by atoms with Crippen molar-refractivity contribution in [1.29, 1.82) is 0 Å². The second kappa shape index (κ2) is 9.29. The fourth-order valence-electron chi connectivity index (χ4n) is 5.73. The van der Waals surface area contributed by atoms with Gasteiger partial charge in [0.2, 0.25) is 11.8 Å². The van der Waals surface area contributed by atoms with E-state index in [9.17, 15) is 9.59 Å². The predicted octanol–water partition coefficient (Wildman–Crippen LogP) is 3.02. The second-order valence-corrected chi connectivity index (χ2v) is 10.4. The van der Waals surface area contributed by atoms with Crippen LogP contribution in [0.3, 0.4) is 0 Å². The zero-order chi connectivity index (χ0) is 22.0. The summed E-state index contributed by atoms with van der Waals surface area (Å²) in [6.07, 6.45) is 7.22. The average Bonchev–Trinajstić information content (AvgIpc) is 2.76. The highest BCUT2D eigenvalue weighted by Gasteiger charge is 2.33. The van der Waals surface area contributed by atoms with Gasteiger partial charge in [-0.15, -0.1) is 0 Å². The SMILES string of the molecule is CC(C)(CC1CCC(N)CC1)N1CCN(c2ccc(C3CCC(=O)NC3=O)cc2)CC1. The summed E-state index contributed by atoms with van der Waals surface area (Å²) < 4.78 is 0. The first-order valence-electron chi connectivity index (χ1n) is 12.0. The Morgan fingerprint density at radius 2 is 1.61 bits per heavy atom. The molecule has 6 heteroatoms. The van der Waals surface area contributed by atoms with Crippen molar-refractivity contribution < 1.29 is 9.59 Å². The number of nitrogens with one attached hydrogen (secondary N) is 1. The third-order valence-corrected chi connectivity index (χ3v) is 7.72. The molecule has 2 amide bonds. The van der Waals surface area contributed by atoms with E-state index in [0.717, 1.165) is 37.7 Å². The number of carbonyl (C=O) groups excluding carboxylic acids is 2. The van der Waals surface area contributed by atoms with Crippen molar-refractivity contribution in [2.75, 3.05) is 31.1 Å². The summed E-state index contributed by atoms with van der Waals surface area (Å²) in [5, 5.41) is 2.46. The molecule has 1 saturated carbocycles. The number of rotatable bonds is 5. The number of hydrogen-bond donors (Lipinski definition) is 2. The van der Waals surface area contributed by atoms with Crippen LogP contribution in [-0.2, 0) is 9.59 Å². The molecule has 1 aliphatic carbocycles. The minimum Gasteiger partial charge on any atom is -0.369 e. The maximum absolute atomic E-state index is 12.1. The largest absolute Gasteiger partial charge is 0.369 e. The van der Waals surface area contributed by atoms with Gasteiger partial charge in [0.05, 0.1) is 5.92 Å². The lowest BCUT2D eigenvalue weighted by Gasteiger charge is -2.46. The van der Waals surface area contributed by atoms with E-state index in [-0.39, 0.29) is 23.3 Å². The first-order chi connectivity index (χ1) is 14.8. The molecule has 3 fully saturated rings. The van der Waals surface area contributed by atoms with Crippen molar-refractivity contribution in [3.05, 3.63) is 29.8 Å². The number of anilines is 1. The van der Waals surface area contributed by atoms with Gasteiger partial charge in [-0.1, -0.05) is 12.1 Å². The number of nitrogens with zero attached hydrogens (tertiary/aromatic N) is 2. The highest BCUT2D eigenvalue weighted by atomic mass is 16.2. The van der Waals surface area contributed by atoms with E-state index in [0.29, 0.717) is 18.9 Å². The van der Waals surface area contributed by atoms with Gasteiger partial charge in [-0.25, -0.2) is 0 Å². The molecule has 1 aromatic carbocycles. The van der Waals surface area contributed by atoms with Crippen molar-refractivity contribution in [3.63, 3.8) is 0 Å². The summed E-state index contributed by atoms with van der Waals surface area (Å²) in [7, 11) is 0. The van der Waals surface area contributed by atoms with Crippen molar-refractivity contribution in [1.82, 2.24) is 10.2 Å². The number of piperidine rings is 1. The zero-order valence-corrected chi connectivity index (χ0v) is 19.1. The monoisotopic (exact) mass is 426 g/mol. The minimum atomic E-state index is -0.210. The molecule has 3 N–H and O–H groups in total. The molecule has 4 rings (SSSR count). The second-order valence-electron chi connectivity index (χ2n) is 10.4. The third-order valence-electron chi connectivity index (χ3n) is 7.72. The average molecular weight is 427 g/mol. The molecule has 0 bridgehead atoms. The first kappa shape index (κ1) is 22.3. The van der Waals surface area contributed by atoms with E-state index >= 15 is 0 Å². The minimum absolute atomic E-state index is 0.161. The summed E-state index contributed by atoms with van der Waals surface area (Å²) in [5.41, 5.74) is 8.54. The molecule has 1 atom stereocenters. The van der Waals surface area contributed by atoms with Gasteiger partial charge >= 0.3 is 0 Å². The summed E-state index contributed by atoms with van der Waals surface area (Å²) in [6.45, 7) is 9.02. The van der Waals surface area contributed by atoms with Crippen molar-refractivity contribution in [3.8, 4) is 0 Å². The standard InChI is InChI=1S/C25H38N4O2/c1-25(2,17-18-3-7-20(26)8-4-18)29-15-13-28(14-16-29)21-9-5-19(6-10-21)22-11-12-23(30)27-24(22)31/h5-6,9-10,18,20,22H,3-4,7-8,11-17,26H2,1-2H3,(H,27,30,31). The molecule has 3 aliphatic rings. The number of nitrogens with two attached hydrogens (primary N) is 1. The first-order valence-corrected chi connectivity index (χ1v) is 12.0. The quantitative estimate of drug-likeness (QED) is 0.708. The van der Waals surface area contributed by atoms with Gasteiger partial charge in [0.15, 0.2) is 0 Å². The fourth-order valence-corrected chi connectivity index (χ4v) is 5.73. The lowest BCUT2D eigenvalue weighted by atomic mass is 9.78. The van der Waals surface area contributed by atoms with Gasteiger partial charge in [0, 0.05) is 49.9 Å². The number of hydrogen-bond acceptors (Lipinski definition) is 5. The van der Waals surface area contributed by atoms with Crippen LogP contribution in [0.2, 0.25) is 0 Å². The molecule has 170 valence electrons.